The Morgan fingerprint density at radius 1 is 0.571 bits per heavy atom. The molecule has 0 spiro atoms. The monoisotopic (exact) mass is 496 g/mol. The second kappa shape index (κ2) is 10.4. The second-order valence-electron chi connectivity index (χ2n) is 9.22. The van der Waals surface area contributed by atoms with Gasteiger partial charge < -0.3 is 9.05 Å². The molecule has 2 unspecified atom stereocenters. The Morgan fingerprint density at radius 3 is 1.77 bits per heavy atom. The summed E-state index contributed by atoms with van der Waals surface area (Å²) in [6, 6.07) is 30.4. The third kappa shape index (κ3) is 5.51. The molecule has 0 bridgehead atoms. The first-order valence-corrected chi connectivity index (χ1v) is 13.9. The number of rotatable bonds is 7. The Labute approximate surface area is 211 Å². The zero-order chi connectivity index (χ0) is 24.4. The van der Waals surface area contributed by atoms with E-state index in [2.05, 4.69) is 113 Å². The van der Waals surface area contributed by atoms with Gasteiger partial charge in [-0.15, -0.1) is 0 Å². The zero-order valence-corrected chi connectivity index (χ0v) is 22.6. The van der Waals surface area contributed by atoms with Crippen LogP contribution in [0.25, 0.3) is 21.5 Å². The molecule has 0 saturated carbocycles. The van der Waals surface area contributed by atoms with E-state index >= 15 is 0 Å². The number of benzene rings is 5. The topological polar surface area (TPSA) is 18.5 Å². The average Bonchev–Trinajstić information content (AvgIpc) is 2.84. The van der Waals surface area contributed by atoms with E-state index in [0.29, 0.717) is 8.81 Å². The molecular formula is C31H30O2P2. The van der Waals surface area contributed by atoms with Crippen molar-refractivity contribution in [2.45, 2.75) is 33.9 Å². The summed E-state index contributed by atoms with van der Waals surface area (Å²) in [6.45, 7) is 8.50. The molecule has 176 valence electrons. The molecule has 0 aliphatic heterocycles. The van der Waals surface area contributed by atoms with Crippen LogP contribution in [0.2, 0.25) is 0 Å². The van der Waals surface area contributed by atoms with Crippen molar-refractivity contribution in [1.82, 2.24) is 0 Å². The Bertz CT molecular complexity index is 1520. The third-order valence-corrected chi connectivity index (χ3v) is 8.23. The molecule has 0 aliphatic carbocycles. The van der Waals surface area contributed by atoms with Crippen LogP contribution in [-0.2, 0) is 6.16 Å². The van der Waals surface area contributed by atoms with E-state index in [9.17, 15) is 0 Å². The van der Waals surface area contributed by atoms with E-state index in [1.807, 2.05) is 0 Å². The molecule has 5 aromatic carbocycles. The minimum absolute atomic E-state index is 0.256. The predicted octanol–water partition coefficient (Wildman–Crippen LogP) is 8.70. The summed E-state index contributed by atoms with van der Waals surface area (Å²) in [5, 5.41) is 6.19. The lowest BCUT2D eigenvalue weighted by atomic mass is 10.0. The fourth-order valence-electron chi connectivity index (χ4n) is 4.32. The van der Waals surface area contributed by atoms with Crippen molar-refractivity contribution in [3.8, 4) is 11.5 Å². The highest BCUT2D eigenvalue weighted by Crippen LogP contribution is 2.34. The van der Waals surface area contributed by atoms with Gasteiger partial charge in [-0.25, -0.2) is 0 Å². The van der Waals surface area contributed by atoms with Gasteiger partial charge in [0.05, 0.1) is 8.81 Å². The highest BCUT2D eigenvalue weighted by molar-refractivity contribution is 7.42. The van der Waals surface area contributed by atoms with Gasteiger partial charge in [0.15, 0.2) is 0 Å². The molecular weight excluding hydrogens is 466 g/mol. The third-order valence-electron chi connectivity index (χ3n) is 6.31. The van der Waals surface area contributed by atoms with Crippen molar-refractivity contribution in [2.24, 2.45) is 0 Å². The Morgan fingerprint density at radius 2 is 1.14 bits per heavy atom. The van der Waals surface area contributed by atoms with Gasteiger partial charge in [0.2, 0.25) is 0 Å². The standard InChI is InChI=1S/C31H30O2P2/c1-20-9-11-24-17-29(22(3)15-27(24)13-20)32-34-19-26-7-5-6-8-31(26)35-33-30-18-25-12-10-21(2)14-28(25)16-23(30)4/h5-18,34-35H,19H2,1-4H3. The first-order chi connectivity index (χ1) is 17.0. The average molecular weight is 497 g/mol. The minimum Gasteiger partial charge on any atom is -0.477 e. The van der Waals surface area contributed by atoms with Crippen molar-refractivity contribution in [1.29, 1.82) is 0 Å². The van der Waals surface area contributed by atoms with Crippen LogP contribution in [0.1, 0.15) is 27.8 Å². The highest BCUT2D eigenvalue weighted by Gasteiger charge is 2.09. The van der Waals surface area contributed by atoms with Crippen LogP contribution >= 0.6 is 17.6 Å². The molecule has 0 radical (unpaired) electrons. The normalized spacial score (nSPS) is 11.9. The summed E-state index contributed by atoms with van der Waals surface area (Å²) in [6.07, 6.45) is 0.869. The lowest BCUT2D eigenvalue weighted by Gasteiger charge is -2.14. The lowest BCUT2D eigenvalue weighted by Crippen LogP contribution is -2.04. The second-order valence-corrected chi connectivity index (χ2v) is 11.0. The molecule has 0 saturated heterocycles. The van der Waals surface area contributed by atoms with Gasteiger partial charge in [0.25, 0.3) is 0 Å². The van der Waals surface area contributed by atoms with Gasteiger partial charge in [-0.2, -0.15) is 0 Å². The van der Waals surface area contributed by atoms with Gasteiger partial charge in [0.1, 0.15) is 20.3 Å². The maximum atomic E-state index is 6.33. The number of hydrogen-bond donors (Lipinski definition) is 0. The smallest absolute Gasteiger partial charge is 0.126 e. The molecule has 0 fully saturated rings. The molecule has 0 N–H and O–H groups in total. The van der Waals surface area contributed by atoms with Crippen LogP contribution in [0.5, 0.6) is 11.5 Å². The van der Waals surface area contributed by atoms with Crippen molar-refractivity contribution in [3.63, 3.8) is 0 Å². The maximum absolute atomic E-state index is 6.33. The van der Waals surface area contributed by atoms with Crippen LogP contribution in [0.4, 0.5) is 0 Å². The molecule has 5 aromatic rings. The summed E-state index contributed by atoms with van der Waals surface area (Å²) in [4.78, 5) is 0. The van der Waals surface area contributed by atoms with Gasteiger partial charge >= 0.3 is 0 Å². The molecule has 0 heterocycles. The van der Waals surface area contributed by atoms with Crippen LogP contribution < -0.4 is 14.4 Å². The summed E-state index contributed by atoms with van der Waals surface area (Å²) in [7, 11) is 0.608. The number of aryl methyl sites for hydroxylation is 4. The van der Waals surface area contributed by atoms with Crippen LogP contribution in [0, 0.1) is 27.7 Å². The van der Waals surface area contributed by atoms with E-state index < -0.39 is 0 Å². The van der Waals surface area contributed by atoms with E-state index in [4.69, 9.17) is 9.05 Å². The Kier molecular flexibility index (Phi) is 7.05. The van der Waals surface area contributed by atoms with Crippen molar-refractivity contribution < 1.29 is 9.05 Å². The fraction of sp³-hybridized carbons (Fsp3) is 0.161. The van der Waals surface area contributed by atoms with Gasteiger partial charge in [-0.1, -0.05) is 71.8 Å². The van der Waals surface area contributed by atoms with Crippen LogP contribution in [-0.4, -0.2) is 0 Å². The minimum atomic E-state index is 0.256. The van der Waals surface area contributed by atoms with E-state index in [-0.39, 0.29) is 8.81 Å². The summed E-state index contributed by atoms with van der Waals surface area (Å²) < 4.78 is 12.6. The first-order valence-electron chi connectivity index (χ1n) is 11.9. The van der Waals surface area contributed by atoms with Gasteiger partial charge in [-0.05, 0) is 90.2 Å². The predicted molar refractivity (Wildman–Crippen MR) is 155 cm³/mol. The summed E-state index contributed by atoms with van der Waals surface area (Å²) >= 11 is 0. The van der Waals surface area contributed by atoms with Crippen molar-refractivity contribution >= 4 is 44.5 Å². The Hall–Kier alpha value is -2.92. The lowest BCUT2D eigenvalue weighted by molar-refractivity contribution is 0.625. The van der Waals surface area contributed by atoms with Gasteiger partial charge in [0, 0.05) is 11.5 Å². The van der Waals surface area contributed by atoms with Crippen LogP contribution in [0.15, 0.2) is 84.9 Å². The molecule has 5 rings (SSSR count). The Balaban J connectivity index is 1.27. The molecule has 4 heteroatoms. The molecule has 2 atom stereocenters. The first kappa shape index (κ1) is 23.8. The molecule has 2 nitrogen and oxygen atoms in total. The molecule has 0 aromatic heterocycles. The summed E-state index contributed by atoms with van der Waals surface area (Å²) in [5.74, 6) is 1.92. The van der Waals surface area contributed by atoms with Crippen molar-refractivity contribution in [2.75, 3.05) is 0 Å². The SMILES string of the molecule is Cc1ccc2cc(OPCc3ccccc3POc3cc4ccc(C)cc4cc3C)c(C)cc2c1. The van der Waals surface area contributed by atoms with E-state index in [1.165, 1.54) is 54.7 Å². The summed E-state index contributed by atoms with van der Waals surface area (Å²) in [5.41, 5.74) is 6.18. The number of hydrogen-bond acceptors (Lipinski definition) is 2. The molecule has 35 heavy (non-hydrogen) atoms. The fourth-order valence-corrected chi connectivity index (χ4v) is 6.31. The highest BCUT2D eigenvalue weighted by atomic mass is 31.1. The largest absolute Gasteiger partial charge is 0.477 e. The van der Waals surface area contributed by atoms with Gasteiger partial charge in [-0.3, -0.25) is 0 Å². The van der Waals surface area contributed by atoms with Crippen LogP contribution in [0.3, 0.4) is 0 Å². The van der Waals surface area contributed by atoms with Crippen molar-refractivity contribution in [3.05, 3.63) is 113 Å². The zero-order valence-electron chi connectivity index (χ0n) is 20.6. The molecule has 0 amide bonds. The number of fused-ring (bicyclic) bond motifs is 2. The molecule has 0 aliphatic rings. The van der Waals surface area contributed by atoms with E-state index in [1.54, 1.807) is 0 Å². The maximum Gasteiger partial charge on any atom is 0.126 e. The van der Waals surface area contributed by atoms with E-state index in [0.717, 1.165) is 17.7 Å². The quantitative estimate of drug-likeness (QED) is 0.210.